The van der Waals surface area contributed by atoms with Crippen molar-refractivity contribution in [3.63, 3.8) is 0 Å². The van der Waals surface area contributed by atoms with Crippen molar-refractivity contribution in [2.24, 2.45) is 0 Å². The lowest BCUT2D eigenvalue weighted by Crippen LogP contribution is -1.82. The summed E-state index contributed by atoms with van der Waals surface area (Å²) in [4.78, 5) is 0. The van der Waals surface area contributed by atoms with Crippen molar-refractivity contribution in [3.05, 3.63) is 59.7 Å². The van der Waals surface area contributed by atoms with Crippen LogP contribution >= 0.6 is 0 Å². The van der Waals surface area contributed by atoms with Gasteiger partial charge < -0.3 is 0 Å². The molecule has 0 aromatic heterocycles. The first-order chi connectivity index (χ1) is 7.77. The van der Waals surface area contributed by atoms with Crippen molar-refractivity contribution in [1.82, 2.24) is 0 Å². The van der Waals surface area contributed by atoms with Crippen LogP contribution in [-0.4, -0.2) is 0 Å². The molecule has 0 radical (unpaired) electrons. The molecule has 0 aliphatic rings. The molecular weight excluding hydrogens is 192 g/mol. The fraction of sp³-hybridized carbons (Fsp3) is 0.250. The molecule has 0 aliphatic carbocycles. The van der Waals surface area contributed by atoms with E-state index in [0.717, 1.165) is 0 Å². The molecule has 2 rings (SSSR count). The second-order valence-electron chi connectivity index (χ2n) is 3.68. The third-order valence-electron chi connectivity index (χ3n) is 2.47. The Morgan fingerprint density at radius 2 is 1.44 bits per heavy atom. The van der Waals surface area contributed by atoms with Crippen LogP contribution < -0.4 is 0 Å². The monoisotopic (exact) mass is 212 g/mol. The SMILES string of the molecule is CC.Cc1cccc(-c2ccccc2C)c1. The van der Waals surface area contributed by atoms with Gasteiger partial charge in [-0.05, 0) is 30.5 Å². The first kappa shape index (κ1) is 12.5. The van der Waals surface area contributed by atoms with Gasteiger partial charge in [0.2, 0.25) is 0 Å². The summed E-state index contributed by atoms with van der Waals surface area (Å²) in [5.74, 6) is 0. The summed E-state index contributed by atoms with van der Waals surface area (Å²) in [5.41, 5.74) is 5.28. The molecule has 2 aromatic rings. The predicted octanol–water partition coefficient (Wildman–Crippen LogP) is 5.00. The Hall–Kier alpha value is -1.56. The number of aryl methyl sites for hydroxylation is 2. The number of hydrogen-bond donors (Lipinski definition) is 0. The maximum absolute atomic E-state index is 2.22. The van der Waals surface area contributed by atoms with Gasteiger partial charge in [-0.2, -0.15) is 0 Å². The molecule has 0 heterocycles. The van der Waals surface area contributed by atoms with E-state index < -0.39 is 0 Å². The zero-order valence-electron chi connectivity index (χ0n) is 10.6. The normalized spacial score (nSPS) is 9.25. The zero-order chi connectivity index (χ0) is 12.0. The molecule has 0 N–H and O–H groups in total. The molecule has 0 saturated heterocycles. The zero-order valence-corrected chi connectivity index (χ0v) is 10.6. The maximum atomic E-state index is 2.22. The molecule has 0 amide bonds. The van der Waals surface area contributed by atoms with E-state index in [0.29, 0.717) is 0 Å². The van der Waals surface area contributed by atoms with Crippen LogP contribution in [0.15, 0.2) is 48.5 Å². The molecule has 0 fully saturated rings. The summed E-state index contributed by atoms with van der Waals surface area (Å²) >= 11 is 0. The van der Waals surface area contributed by atoms with E-state index in [-0.39, 0.29) is 0 Å². The topological polar surface area (TPSA) is 0 Å². The summed E-state index contributed by atoms with van der Waals surface area (Å²) < 4.78 is 0. The molecule has 0 atom stereocenters. The summed E-state index contributed by atoms with van der Waals surface area (Å²) in [6, 6.07) is 17.1. The van der Waals surface area contributed by atoms with Crippen LogP contribution in [0.4, 0.5) is 0 Å². The number of benzene rings is 2. The van der Waals surface area contributed by atoms with Crippen molar-refractivity contribution in [2.45, 2.75) is 27.7 Å². The standard InChI is InChI=1S/C14H14.C2H6/c1-11-6-5-8-13(10-11)14-9-4-3-7-12(14)2;1-2/h3-10H,1-2H3;1-2H3. The van der Waals surface area contributed by atoms with Gasteiger partial charge in [-0.25, -0.2) is 0 Å². The Labute approximate surface area is 99.0 Å². The van der Waals surface area contributed by atoms with Gasteiger partial charge >= 0.3 is 0 Å². The highest BCUT2D eigenvalue weighted by atomic mass is 14.0. The van der Waals surface area contributed by atoms with Crippen molar-refractivity contribution in [2.75, 3.05) is 0 Å². The smallest absolute Gasteiger partial charge is 0.0155 e. The first-order valence-corrected chi connectivity index (χ1v) is 5.90. The van der Waals surface area contributed by atoms with E-state index in [1.165, 1.54) is 22.3 Å². The van der Waals surface area contributed by atoms with E-state index in [2.05, 4.69) is 62.4 Å². The van der Waals surface area contributed by atoms with Crippen LogP contribution in [0.25, 0.3) is 11.1 Å². The van der Waals surface area contributed by atoms with E-state index in [1.54, 1.807) is 0 Å². The highest BCUT2D eigenvalue weighted by Crippen LogP contribution is 2.23. The molecule has 0 saturated carbocycles. The van der Waals surface area contributed by atoms with Crippen LogP contribution in [0.5, 0.6) is 0 Å². The second-order valence-corrected chi connectivity index (χ2v) is 3.68. The van der Waals surface area contributed by atoms with E-state index in [4.69, 9.17) is 0 Å². The van der Waals surface area contributed by atoms with Crippen molar-refractivity contribution in [1.29, 1.82) is 0 Å². The summed E-state index contributed by atoms with van der Waals surface area (Å²) in [6.07, 6.45) is 0. The van der Waals surface area contributed by atoms with Gasteiger partial charge in [0, 0.05) is 0 Å². The summed E-state index contributed by atoms with van der Waals surface area (Å²) in [7, 11) is 0. The van der Waals surface area contributed by atoms with Gasteiger partial charge in [0.1, 0.15) is 0 Å². The average molecular weight is 212 g/mol. The van der Waals surface area contributed by atoms with Gasteiger partial charge in [0.15, 0.2) is 0 Å². The molecular formula is C16H20. The fourth-order valence-corrected chi connectivity index (χ4v) is 1.71. The van der Waals surface area contributed by atoms with Gasteiger partial charge in [-0.1, -0.05) is 67.9 Å². The largest absolute Gasteiger partial charge is 0.0683 e. The summed E-state index contributed by atoms with van der Waals surface area (Å²) in [5, 5.41) is 0. The minimum atomic E-state index is 1.31. The van der Waals surface area contributed by atoms with E-state index in [1.807, 2.05) is 13.8 Å². The van der Waals surface area contributed by atoms with E-state index >= 15 is 0 Å². The van der Waals surface area contributed by atoms with Gasteiger partial charge in [0.05, 0.1) is 0 Å². The fourth-order valence-electron chi connectivity index (χ4n) is 1.71. The highest BCUT2D eigenvalue weighted by molar-refractivity contribution is 5.67. The predicted molar refractivity (Wildman–Crippen MR) is 72.7 cm³/mol. The van der Waals surface area contributed by atoms with Crippen molar-refractivity contribution in [3.8, 4) is 11.1 Å². The molecule has 0 spiro atoms. The molecule has 2 aromatic carbocycles. The van der Waals surface area contributed by atoms with Crippen LogP contribution in [-0.2, 0) is 0 Å². The van der Waals surface area contributed by atoms with Gasteiger partial charge in [-0.15, -0.1) is 0 Å². The lowest BCUT2D eigenvalue weighted by molar-refractivity contribution is 1.43. The third kappa shape index (κ3) is 2.96. The Balaban J connectivity index is 0.000000606. The molecule has 0 heteroatoms. The minimum absolute atomic E-state index is 1.31. The second kappa shape index (κ2) is 6.12. The van der Waals surface area contributed by atoms with Crippen molar-refractivity contribution < 1.29 is 0 Å². The Morgan fingerprint density at radius 3 is 2.06 bits per heavy atom. The van der Waals surface area contributed by atoms with E-state index in [9.17, 15) is 0 Å². The average Bonchev–Trinajstić information content (AvgIpc) is 2.32. The first-order valence-electron chi connectivity index (χ1n) is 5.90. The molecule has 0 unspecified atom stereocenters. The summed E-state index contributed by atoms with van der Waals surface area (Å²) in [6.45, 7) is 8.28. The lowest BCUT2D eigenvalue weighted by atomic mass is 9.99. The minimum Gasteiger partial charge on any atom is -0.0683 e. The Bertz CT molecular complexity index is 441. The maximum Gasteiger partial charge on any atom is -0.0155 e. The van der Waals surface area contributed by atoms with Crippen LogP contribution in [0.1, 0.15) is 25.0 Å². The quantitative estimate of drug-likeness (QED) is 0.624. The van der Waals surface area contributed by atoms with Gasteiger partial charge in [-0.3, -0.25) is 0 Å². The van der Waals surface area contributed by atoms with Gasteiger partial charge in [0.25, 0.3) is 0 Å². The number of rotatable bonds is 1. The molecule has 0 nitrogen and oxygen atoms in total. The van der Waals surface area contributed by atoms with Crippen LogP contribution in [0.3, 0.4) is 0 Å². The molecule has 0 aliphatic heterocycles. The Kier molecular flexibility index (Phi) is 4.78. The third-order valence-corrected chi connectivity index (χ3v) is 2.47. The molecule has 0 bridgehead atoms. The highest BCUT2D eigenvalue weighted by Gasteiger charge is 1.99. The van der Waals surface area contributed by atoms with Crippen LogP contribution in [0, 0.1) is 13.8 Å². The number of hydrogen-bond acceptors (Lipinski definition) is 0. The molecule has 16 heavy (non-hydrogen) atoms. The van der Waals surface area contributed by atoms with Crippen molar-refractivity contribution >= 4 is 0 Å². The van der Waals surface area contributed by atoms with Crippen LogP contribution in [0.2, 0.25) is 0 Å². The Morgan fingerprint density at radius 1 is 0.750 bits per heavy atom. The lowest BCUT2D eigenvalue weighted by Gasteiger charge is -2.05. The molecule has 84 valence electrons.